The minimum Gasteiger partial charge on any atom is -0.379 e. The number of rotatable bonds is 13. The summed E-state index contributed by atoms with van der Waals surface area (Å²) in [6.45, 7) is 11.7. The van der Waals surface area contributed by atoms with Gasteiger partial charge in [0.15, 0.2) is 0 Å². The molecule has 0 bridgehead atoms. The zero-order valence-electron chi connectivity index (χ0n) is 13.2. The highest BCUT2D eigenvalue weighted by Crippen LogP contribution is 2.12. The van der Waals surface area contributed by atoms with Gasteiger partial charge in [0, 0.05) is 25.2 Å². The van der Waals surface area contributed by atoms with Gasteiger partial charge < -0.3 is 24.8 Å². The minimum absolute atomic E-state index is 0.246. The van der Waals surface area contributed by atoms with Gasteiger partial charge in [0.05, 0.1) is 33.0 Å². The number of unbranched alkanes of at least 4 members (excludes halogenated alkanes) is 1. The normalized spacial score (nSPS) is 22.5. The minimum atomic E-state index is 0.246. The molecule has 0 aromatic heterocycles. The van der Waals surface area contributed by atoms with Gasteiger partial charge >= 0.3 is 0 Å². The second-order valence-electron chi connectivity index (χ2n) is 5.60. The van der Waals surface area contributed by atoms with Crippen LogP contribution in [0, 0.1) is 0 Å². The highest BCUT2D eigenvalue weighted by molar-refractivity contribution is 4.91. The molecule has 1 saturated heterocycles. The molecule has 120 valence electrons. The van der Waals surface area contributed by atoms with Crippen molar-refractivity contribution in [3.8, 4) is 0 Å². The van der Waals surface area contributed by atoms with Crippen molar-refractivity contribution in [1.82, 2.24) is 10.6 Å². The highest BCUT2D eigenvalue weighted by atomic mass is 16.5. The van der Waals surface area contributed by atoms with E-state index < -0.39 is 0 Å². The Morgan fingerprint density at radius 1 is 1.00 bits per heavy atom. The van der Waals surface area contributed by atoms with Crippen LogP contribution in [-0.2, 0) is 14.2 Å². The van der Waals surface area contributed by atoms with Gasteiger partial charge in [-0.25, -0.2) is 0 Å². The molecule has 0 aromatic carbocycles. The molecular formula is C15H32N2O3. The molecule has 0 saturated carbocycles. The fourth-order valence-electron chi connectivity index (χ4n) is 2.18. The Bertz CT molecular complexity index is 221. The lowest BCUT2D eigenvalue weighted by Crippen LogP contribution is -2.45. The Morgan fingerprint density at radius 2 is 1.65 bits per heavy atom. The smallest absolute Gasteiger partial charge is 0.0701 e. The predicted octanol–water partition coefficient (Wildman–Crippen LogP) is 1.18. The van der Waals surface area contributed by atoms with Crippen molar-refractivity contribution >= 4 is 0 Å². The fourth-order valence-corrected chi connectivity index (χ4v) is 2.18. The summed E-state index contributed by atoms with van der Waals surface area (Å²) in [6, 6.07) is 0. The monoisotopic (exact) mass is 288 g/mol. The van der Waals surface area contributed by atoms with Crippen LogP contribution in [-0.4, -0.2) is 64.8 Å². The van der Waals surface area contributed by atoms with Crippen LogP contribution >= 0.6 is 0 Å². The van der Waals surface area contributed by atoms with Gasteiger partial charge in [-0.05, 0) is 26.3 Å². The molecular weight excluding hydrogens is 256 g/mol. The highest BCUT2D eigenvalue weighted by Gasteiger charge is 2.26. The molecule has 2 N–H and O–H groups in total. The van der Waals surface area contributed by atoms with Crippen LogP contribution in [0.1, 0.15) is 33.1 Å². The van der Waals surface area contributed by atoms with Gasteiger partial charge in [-0.15, -0.1) is 0 Å². The molecule has 1 atom stereocenters. The first kappa shape index (κ1) is 17.9. The third-order valence-electron chi connectivity index (χ3n) is 3.55. The lowest BCUT2D eigenvalue weighted by molar-refractivity contribution is 0.0140. The molecule has 5 nitrogen and oxygen atoms in total. The number of hydrogen-bond donors (Lipinski definition) is 2. The lowest BCUT2D eigenvalue weighted by Gasteiger charge is -2.24. The summed E-state index contributed by atoms with van der Waals surface area (Å²) in [5, 5.41) is 6.91. The van der Waals surface area contributed by atoms with E-state index >= 15 is 0 Å². The van der Waals surface area contributed by atoms with E-state index in [1.54, 1.807) is 0 Å². The zero-order chi connectivity index (χ0) is 14.5. The molecule has 1 aliphatic rings. The molecule has 1 unspecified atom stereocenters. The molecule has 1 rings (SSSR count). The quantitative estimate of drug-likeness (QED) is 0.498. The maximum atomic E-state index is 5.53. The van der Waals surface area contributed by atoms with Crippen LogP contribution in [0.25, 0.3) is 0 Å². The van der Waals surface area contributed by atoms with Crippen molar-refractivity contribution in [2.24, 2.45) is 0 Å². The van der Waals surface area contributed by atoms with E-state index in [1.807, 2.05) is 0 Å². The Morgan fingerprint density at radius 3 is 2.25 bits per heavy atom. The first-order valence-corrected chi connectivity index (χ1v) is 7.96. The van der Waals surface area contributed by atoms with Crippen LogP contribution in [0.2, 0.25) is 0 Å². The summed E-state index contributed by atoms with van der Waals surface area (Å²) in [5.74, 6) is 0. The van der Waals surface area contributed by atoms with Crippen LogP contribution in [0.15, 0.2) is 0 Å². The Balaban J connectivity index is 1.74. The van der Waals surface area contributed by atoms with Crippen LogP contribution in [0.4, 0.5) is 0 Å². The summed E-state index contributed by atoms with van der Waals surface area (Å²) in [4.78, 5) is 0. The largest absolute Gasteiger partial charge is 0.379 e. The van der Waals surface area contributed by atoms with E-state index in [0.29, 0.717) is 26.4 Å². The van der Waals surface area contributed by atoms with E-state index in [4.69, 9.17) is 14.2 Å². The summed E-state index contributed by atoms with van der Waals surface area (Å²) < 4.78 is 16.4. The first-order chi connectivity index (χ1) is 9.77. The number of ether oxygens (including phenoxy) is 3. The average molecular weight is 288 g/mol. The van der Waals surface area contributed by atoms with Crippen LogP contribution < -0.4 is 10.6 Å². The molecule has 0 radical (unpaired) electrons. The third-order valence-corrected chi connectivity index (χ3v) is 3.55. The summed E-state index contributed by atoms with van der Waals surface area (Å²) >= 11 is 0. The van der Waals surface area contributed by atoms with Gasteiger partial charge in [-0.3, -0.25) is 0 Å². The molecule has 0 amide bonds. The summed E-state index contributed by atoms with van der Waals surface area (Å²) in [7, 11) is 0. The van der Waals surface area contributed by atoms with E-state index in [-0.39, 0.29) is 5.54 Å². The standard InChI is InChI=1S/C15H32N2O3/c1-3-4-8-18-10-12-20-13-11-19-9-7-17-15(2)5-6-16-14-15/h16-17H,3-14H2,1-2H3. The topological polar surface area (TPSA) is 51.8 Å². The Hall–Kier alpha value is -0.200. The predicted molar refractivity (Wildman–Crippen MR) is 81.3 cm³/mol. The lowest BCUT2D eigenvalue weighted by atomic mass is 10.0. The van der Waals surface area contributed by atoms with Gasteiger partial charge in [0.25, 0.3) is 0 Å². The zero-order valence-corrected chi connectivity index (χ0v) is 13.2. The van der Waals surface area contributed by atoms with E-state index in [2.05, 4.69) is 24.5 Å². The Labute approximate surface area is 123 Å². The van der Waals surface area contributed by atoms with Crippen LogP contribution in [0.3, 0.4) is 0 Å². The first-order valence-electron chi connectivity index (χ1n) is 7.96. The van der Waals surface area contributed by atoms with E-state index in [9.17, 15) is 0 Å². The second-order valence-corrected chi connectivity index (χ2v) is 5.60. The average Bonchev–Trinajstić information content (AvgIpc) is 2.87. The Kier molecular flexibility index (Phi) is 10.2. The van der Waals surface area contributed by atoms with E-state index in [0.717, 1.165) is 39.3 Å². The van der Waals surface area contributed by atoms with Crippen molar-refractivity contribution in [2.45, 2.75) is 38.6 Å². The number of nitrogens with one attached hydrogen (secondary N) is 2. The van der Waals surface area contributed by atoms with Crippen molar-refractivity contribution in [2.75, 3.05) is 59.3 Å². The van der Waals surface area contributed by atoms with Gasteiger partial charge in [0.2, 0.25) is 0 Å². The van der Waals surface area contributed by atoms with E-state index in [1.165, 1.54) is 12.8 Å². The summed E-state index contributed by atoms with van der Waals surface area (Å²) in [5.41, 5.74) is 0.246. The molecule has 0 spiro atoms. The van der Waals surface area contributed by atoms with Crippen molar-refractivity contribution in [1.29, 1.82) is 0 Å². The molecule has 1 heterocycles. The SMILES string of the molecule is CCCCOCCOCCOCCNC1(C)CCNC1. The van der Waals surface area contributed by atoms with Gasteiger partial charge in [-0.2, -0.15) is 0 Å². The van der Waals surface area contributed by atoms with Crippen molar-refractivity contribution in [3.63, 3.8) is 0 Å². The van der Waals surface area contributed by atoms with Crippen LogP contribution in [0.5, 0.6) is 0 Å². The van der Waals surface area contributed by atoms with Gasteiger partial charge in [-0.1, -0.05) is 13.3 Å². The molecule has 1 fully saturated rings. The van der Waals surface area contributed by atoms with Crippen molar-refractivity contribution < 1.29 is 14.2 Å². The fraction of sp³-hybridized carbons (Fsp3) is 1.00. The van der Waals surface area contributed by atoms with Gasteiger partial charge in [0.1, 0.15) is 0 Å². The number of hydrogen-bond acceptors (Lipinski definition) is 5. The molecule has 0 aromatic rings. The summed E-state index contributed by atoms with van der Waals surface area (Å²) in [6.07, 6.45) is 3.50. The molecule has 5 heteroatoms. The molecule has 1 aliphatic heterocycles. The third kappa shape index (κ3) is 8.87. The second kappa shape index (κ2) is 11.5. The molecule has 20 heavy (non-hydrogen) atoms. The molecule has 0 aliphatic carbocycles. The maximum absolute atomic E-state index is 5.53. The maximum Gasteiger partial charge on any atom is 0.0701 e. The van der Waals surface area contributed by atoms with Crippen molar-refractivity contribution in [3.05, 3.63) is 0 Å².